The molecule has 0 radical (unpaired) electrons. The van der Waals surface area contributed by atoms with E-state index in [1.165, 1.54) is 31.2 Å². The van der Waals surface area contributed by atoms with Gasteiger partial charge in [-0.3, -0.25) is 9.10 Å². The predicted molar refractivity (Wildman–Crippen MR) is 109 cm³/mol. The van der Waals surface area contributed by atoms with E-state index in [4.69, 9.17) is 0 Å². The van der Waals surface area contributed by atoms with Crippen molar-refractivity contribution in [1.82, 2.24) is 5.32 Å². The summed E-state index contributed by atoms with van der Waals surface area (Å²) < 4.78 is 61.7. The van der Waals surface area contributed by atoms with Crippen molar-refractivity contribution in [3.63, 3.8) is 0 Å². The molecule has 1 N–H and O–H groups in total. The lowest BCUT2D eigenvalue weighted by molar-refractivity contribution is -0.122. The smallest absolute Gasteiger partial charge is 0.244 e. The van der Waals surface area contributed by atoms with Crippen molar-refractivity contribution in [3.05, 3.63) is 59.9 Å². The molecular formula is C19H23FN2O5S2. The lowest BCUT2D eigenvalue weighted by Crippen LogP contribution is -2.48. The van der Waals surface area contributed by atoms with E-state index < -0.39 is 43.7 Å². The molecule has 1 amide bonds. The van der Waals surface area contributed by atoms with Crippen molar-refractivity contribution in [2.24, 2.45) is 0 Å². The maximum absolute atomic E-state index is 13.2. The summed E-state index contributed by atoms with van der Waals surface area (Å²) in [5.41, 5.74) is 0.826. The Morgan fingerprint density at radius 2 is 1.45 bits per heavy atom. The highest BCUT2D eigenvalue weighted by Gasteiger charge is 2.30. The van der Waals surface area contributed by atoms with Crippen LogP contribution >= 0.6 is 0 Å². The molecule has 0 saturated heterocycles. The Balaban J connectivity index is 2.22. The van der Waals surface area contributed by atoms with Crippen molar-refractivity contribution in [1.29, 1.82) is 0 Å². The second kappa shape index (κ2) is 8.50. The number of nitrogens with zero attached hydrogens (tertiary/aromatic N) is 1. The van der Waals surface area contributed by atoms with Crippen LogP contribution in [0.3, 0.4) is 0 Å². The van der Waals surface area contributed by atoms with Gasteiger partial charge in [-0.15, -0.1) is 0 Å². The molecule has 2 atom stereocenters. The zero-order valence-electron chi connectivity index (χ0n) is 16.5. The van der Waals surface area contributed by atoms with Gasteiger partial charge in [0, 0.05) is 6.26 Å². The normalized spacial score (nSPS) is 14.1. The van der Waals surface area contributed by atoms with Crippen LogP contribution in [0.25, 0.3) is 0 Å². The number of sulfonamides is 1. The number of carbonyl (C=O) groups is 1. The fraction of sp³-hybridized carbons (Fsp3) is 0.316. The lowest BCUT2D eigenvalue weighted by atomic mass is 10.1. The number of halogens is 1. The second-order valence-corrected chi connectivity index (χ2v) is 10.7. The second-order valence-electron chi connectivity index (χ2n) is 6.78. The van der Waals surface area contributed by atoms with Gasteiger partial charge in [-0.2, -0.15) is 0 Å². The van der Waals surface area contributed by atoms with Gasteiger partial charge in [0.2, 0.25) is 15.9 Å². The first-order valence-corrected chi connectivity index (χ1v) is 12.4. The molecular weight excluding hydrogens is 419 g/mol. The van der Waals surface area contributed by atoms with Crippen LogP contribution in [0.4, 0.5) is 10.1 Å². The standard InChI is InChI=1S/C19H23FN2O5S2/c1-13(15-5-11-18(12-6-15)28(3,24)25)21-19(23)14(2)22(29(4,26)27)17-9-7-16(20)8-10-17/h5-14H,1-4H3,(H,21,23)/t13-,14-/m0/s1. The Hall–Kier alpha value is -2.46. The summed E-state index contributed by atoms with van der Waals surface area (Å²) in [4.78, 5) is 12.9. The number of benzene rings is 2. The van der Waals surface area contributed by atoms with E-state index in [1.54, 1.807) is 19.1 Å². The van der Waals surface area contributed by atoms with Gasteiger partial charge in [0.25, 0.3) is 0 Å². The third kappa shape index (κ3) is 5.77. The van der Waals surface area contributed by atoms with Crippen LogP contribution in [0.1, 0.15) is 25.5 Å². The summed E-state index contributed by atoms with van der Waals surface area (Å²) in [7, 11) is -7.14. The predicted octanol–water partition coefficient (Wildman–Crippen LogP) is 2.26. The van der Waals surface area contributed by atoms with E-state index in [0.717, 1.165) is 28.9 Å². The minimum atomic E-state index is -3.81. The minimum absolute atomic E-state index is 0.160. The van der Waals surface area contributed by atoms with E-state index in [1.807, 2.05) is 0 Å². The van der Waals surface area contributed by atoms with Gasteiger partial charge in [0.15, 0.2) is 9.84 Å². The van der Waals surface area contributed by atoms with Crippen LogP contribution in [0.2, 0.25) is 0 Å². The fourth-order valence-corrected chi connectivity index (χ4v) is 4.62. The van der Waals surface area contributed by atoms with Crippen molar-refractivity contribution in [2.45, 2.75) is 30.8 Å². The molecule has 0 bridgehead atoms. The highest BCUT2D eigenvalue weighted by Crippen LogP contribution is 2.22. The number of hydrogen-bond acceptors (Lipinski definition) is 5. The summed E-state index contributed by atoms with van der Waals surface area (Å²) >= 11 is 0. The molecule has 7 nitrogen and oxygen atoms in total. The molecule has 29 heavy (non-hydrogen) atoms. The van der Waals surface area contributed by atoms with Crippen LogP contribution < -0.4 is 9.62 Å². The Labute approximate surface area is 170 Å². The average Bonchev–Trinajstić information content (AvgIpc) is 2.61. The van der Waals surface area contributed by atoms with E-state index in [-0.39, 0.29) is 10.6 Å². The van der Waals surface area contributed by atoms with Gasteiger partial charge in [0.1, 0.15) is 11.9 Å². The zero-order chi connectivity index (χ0) is 22.0. The number of carbonyl (C=O) groups excluding carboxylic acids is 1. The van der Waals surface area contributed by atoms with E-state index in [9.17, 15) is 26.0 Å². The average molecular weight is 443 g/mol. The molecule has 0 unspecified atom stereocenters. The van der Waals surface area contributed by atoms with Gasteiger partial charge in [-0.1, -0.05) is 12.1 Å². The number of nitrogens with one attached hydrogen (secondary N) is 1. The summed E-state index contributed by atoms with van der Waals surface area (Å²) in [5, 5.41) is 2.72. The summed E-state index contributed by atoms with van der Waals surface area (Å²) in [6.07, 6.45) is 2.07. The number of anilines is 1. The molecule has 0 aliphatic rings. The first kappa shape index (κ1) is 22.8. The maximum atomic E-state index is 13.2. The van der Waals surface area contributed by atoms with Crippen molar-refractivity contribution in [3.8, 4) is 0 Å². The quantitative estimate of drug-likeness (QED) is 0.709. The molecule has 10 heteroatoms. The minimum Gasteiger partial charge on any atom is -0.348 e. The first-order valence-electron chi connectivity index (χ1n) is 8.66. The van der Waals surface area contributed by atoms with E-state index in [2.05, 4.69) is 5.32 Å². The third-order valence-electron chi connectivity index (χ3n) is 4.34. The molecule has 0 fully saturated rings. The van der Waals surface area contributed by atoms with Crippen LogP contribution in [-0.4, -0.2) is 41.3 Å². The van der Waals surface area contributed by atoms with Crippen molar-refractivity contribution in [2.75, 3.05) is 16.8 Å². The van der Waals surface area contributed by atoms with Gasteiger partial charge in [-0.05, 0) is 55.8 Å². The Bertz CT molecular complexity index is 1080. The first-order chi connectivity index (χ1) is 13.3. The molecule has 0 aliphatic heterocycles. The Kier molecular flexibility index (Phi) is 6.69. The molecule has 0 aliphatic carbocycles. The molecule has 2 rings (SSSR count). The van der Waals surface area contributed by atoms with Crippen molar-refractivity contribution >= 4 is 31.5 Å². The van der Waals surface area contributed by atoms with Gasteiger partial charge in [-0.25, -0.2) is 21.2 Å². The summed E-state index contributed by atoms with van der Waals surface area (Å²) in [6, 6.07) is 9.27. The van der Waals surface area contributed by atoms with Gasteiger partial charge < -0.3 is 5.32 Å². The molecule has 0 spiro atoms. The largest absolute Gasteiger partial charge is 0.348 e. The Morgan fingerprint density at radius 3 is 1.90 bits per heavy atom. The lowest BCUT2D eigenvalue weighted by Gasteiger charge is -2.29. The van der Waals surface area contributed by atoms with E-state index in [0.29, 0.717) is 5.56 Å². The highest BCUT2D eigenvalue weighted by molar-refractivity contribution is 7.92. The van der Waals surface area contributed by atoms with E-state index >= 15 is 0 Å². The molecule has 2 aromatic rings. The fourth-order valence-electron chi connectivity index (χ4n) is 2.82. The summed E-state index contributed by atoms with van der Waals surface area (Å²) in [6.45, 7) is 3.13. The SMILES string of the molecule is C[C@H](NC(=O)[C@H](C)N(c1ccc(F)cc1)S(C)(=O)=O)c1ccc(S(C)(=O)=O)cc1. The molecule has 0 aromatic heterocycles. The summed E-state index contributed by atoms with van der Waals surface area (Å²) in [5.74, 6) is -1.08. The van der Waals surface area contributed by atoms with Gasteiger partial charge in [0.05, 0.1) is 22.9 Å². The molecule has 0 saturated carbocycles. The number of hydrogen-bond donors (Lipinski definition) is 1. The monoisotopic (exact) mass is 442 g/mol. The Morgan fingerprint density at radius 1 is 0.931 bits per heavy atom. The van der Waals surface area contributed by atoms with Crippen LogP contribution in [0, 0.1) is 5.82 Å². The topological polar surface area (TPSA) is 101 Å². The number of amides is 1. The number of sulfone groups is 1. The van der Waals surface area contributed by atoms with Crippen LogP contribution in [-0.2, 0) is 24.7 Å². The van der Waals surface area contributed by atoms with Gasteiger partial charge >= 0.3 is 0 Å². The molecule has 2 aromatic carbocycles. The third-order valence-corrected chi connectivity index (χ3v) is 6.71. The van der Waals surface area contributed by atoms with Crippen LogP contribution in [0.15, 0.2) is 53.4 Å². The zero-order valence-corrected chi connectivity index (χ0v) is 18.1. The van der Waals surface area contributed by atoms with Crippen molar-refractivity contribution < 1.29 is 26.0 Å². The molecule has 158 valence electrons. The van der Waals surface area contributed by atoms with Crippen LogP contribution in [0.5, 0.6) is 0 Å². The maximum Gasteiger partial charge on any atom is 0.244 e. The molecule has 0 heterocycles. The highest BCUT2D eigenvalue weighted by atomic mass is 32.2. The number of rotatable bonds is 7.